The second kappa shape index (κ2) is 7.61. The molecule has 1 N–H and O–H groups in total. The van der Waals surface area contributed by atoms with Gasteiger partial charge in [-0.2, -0.15) is 0 Å². The van der Waals surface area contributed by atoms with E-state index in [1.807, 2.05) is 25.1 Å². The monoisotopic (exact) mass is 311 g/mol. The van der Waals surface area contributed by atoms with Crippen LogP contribution in [-0.2, 0) is 6.54 Å². The molecule has 0 atom stereocenters. The fraction of sp³-hybridized carbons (Fsp3) is 0.211. The highest BCUT2D eigenvalue weighted by Gasteiger charge is 2.05. The van der Waals surface area contributed by atoms with Crippen LogP contribution in [0.2, 0.25) is 0 Å². The van der Waals surface area contributed by atoms with Gasteiger partial charge in [0, 0.05) is 17.7 Å². The van der Waals surface area contributed by atoms with E-state index >= 15 is 0 Å². The third-order valence-corrected chi connectivity index (χ3v) is 3.39. The molecule has 0 spiro atoms. The Hall–Kier alpha value is -2.59. The van der Waals surface area contributed by atoms with Crippen molar-refractivity contribution in [2.75, 3.05) is 21.2 Å². The minimum atomic E-state index is -0.0742. The molecule has 0 aliphatic rings. The van der Waals surface area contributed by atoms with E-state index in [1.54, 1.807) is 49.6 Å². The predicted molar refractivity (Wildman–Crippen MR) is 91.9 cm³/mol. The number of ketones is 1. The average molecular weight is 311 g/mol. The number of aromatic hydroxyl groups is 1. The van der Waals surface area contributed by atoms with Crippen molar-refractivity contribution < 1.29 is 14.6 Å². The molecule has 120 valence electrons. The Morgan fingerprint density at radius 1 is 1.17 bits per heavy atom. The lowest BCUT2D eigenvalue weighted by Crippen LogP contribution is -2.10. The SMILES string of the molecule is COc1ccc(C(=O)/C=C/c2ccc(O)c(CN(C)C)c2)cc1. The van der Waals surface area contributed by atoms with Crippen molar-refractivity contribution in [1.29, 1.82) is 0 Å². The molecule has 0 saturated heterocycles. The van der Waals surface area contributed by atoms with Crippen LogP contribution in [0, 0.1) is 0 Å². The number of phenols is 1. The summed E-state index contributed by atoms with van der Waals surface area (Å²) in [6, 6.07) is 12.3. The van der Waals surface area contributed by atoms with E-state index in [-0.39, 0.29) is 11.5 Å². The summed E-state index contributed by atoms with van der Waals surface area (Å²) in [5, 5.41) is 9.86. The molecule has 0 saturated carbocycles. The summed E-state index contributed by atoms with van der Waals surface area (Å²) in [6.07, 6.45) is 3.29. The number of ether oxygens (including phenoxy) is 1. The molecule has 0 radical (unpaired) electrons. The van der Waals surface area contributed by atoms with Gasteiger partial charge in [-0.05, 0) is 62.1 Å². The van der Waals surface area contributed by atoms with E-state index in [9.17, 15) is 9.90 Å². The highest BCUT2D eigenvalue weighted by molar-refractivity contribution is 6.06. The zero-order valence-electron chi connectivity index (χ0n) is 13.6. The summed E-state index contributed by atoms with van der Waals surface area (Å²) < 4.78 is 5.08. The fourth-order valence-electron chi connectivity index (χ4n) is 2.20. The Morgan fingerprint density at radius 3 is 2.48 bits per heavy atom. The van der Waals surface area contributed by atoms with Gasteiger partial charge in [0.25, 0.3) is 0 Å². The zero-order chi connectivity index (χ0) is 16.8. The number of allylic oxidation sites excluding steroid dienone is 1. The second-order valence-corrected chi connectivity index (χ2v) is 5.55. The highest BCUT2D eigenvalue weighted by Crippen LogP contribution is 2.20. The van der Waals surface area contributed by atoms with Gasteiger partial charge in [0.2, 0.25) is 0 Å². The molecule has 0 aliphatic heterocycles. The lowest BCUT2D eigenvalue weighted by molar-refractivity contribution is 0.104. The van der Waals surface area contributed by atoms with Crippen LogP contribution in [0.25, 0.3) is 6.08 Å². The topological polar surface area (TPSA) is 49.8 Å². The van der Waals surface area contributed by atoms with Crippen LogP contribution in [0.1, 0.15) is 21.5 Å². The first kappa shape index (κ1) is 16.8. The number of methoxy groups -OCH3 is 1. The molecule has 0 fully saturated rings. The lowest BCUT2D eigenvalue weighted by Gasteiger charge is -2.11. The van der Waals surface area contributed by atoms with Crippen molar-refractivity contribution in [3.05, 3.63) is 65.2 Å². The van der Waals surface area contributed by atoms with Crippen LogP contribution in [0.5, 0.6) is 11.5 Å². The summed E-state index contributed by atoms with van der Waals surface area (Å²) in [5.41, 5.74) is 2.31. The standard InChI is InChI=1S/C19H21NO3/c1-20(2)13-16-12-14(5-11-19(16)22)4-10-18(21)15-6-8-17(23-3)9-7-15/h4-12,22H,13H2,1-3H3/b10-4+. The van der Waals surface area contributed by atoms with Crippen molar-refractivity contribution in [3.63, 3.8) is 0 Å². The summed E-state index contributed by atoms with van der Waals surface area (Å²) in [4.78, 5) is 14.1. The Bertz CT molecular complexity index is 703. The molecule has 0 unspecified atom stereocenters. The van der Waals surface area contributed by atoms with Gasteiger partial charge in [0.1, 0.15) is 11.5 Å². The number of carbonyl (C=O) groups is 1. The fourth-order valence-corrected chi connectivity index (χ4v) is 2.20. The Balaban J connectivity index is 2.13. The molecule has 0 aliphatic carbocycles. The van der Waals surface area contributed by atoms with Crippen LogP contribution in [0.3, 0.4) is 0 Å². The first-order valence-electron chi connectivity index (χ1n) is 7.32. The molecule has 0 bridgehead atoms. The smallest absolute Gasteiger partial charge is 0.185 e. The van der Waals surface area contributed by atoms with Crippen molar-refractivity contribution >= 4 is 11.9 Å². The van der Waals surface area contributed by atoms with Gasteiger partial charge in [-0.15, -0.1) is 0 Å². The van der Waals surface area contributed by atoms with Gasteiger partial charge < -0.3 is 14.7 Å². The summed E-state index contributed by atoms with van der Waals surface area (Å²) in [6.45, 7) is 0.639. The number of rotatable bonds is 6. The van der Waals surface area contributed by atoms with Crippen LogP contribution < -0.4 is 4.74 Å². The third kappa shape index (κ3) is 4.69. The van der Waals surface area contributed by atoms with Gasteiger partial charge in [-0.25, -0.2) is 0 Å². The van der Waals surface area contributed by atoms with Crippen molar-refractivity contribution in [1.82, 2.24) is 4.90 Å². The summed E-state index contributed by atoms with van der Waals surface area (Å²) in [5.74, 6) is 0.907. The molecule has 2 aromatic rings. The molecular weight excluding hydrogens is 290 g/mol. The van der Waals surface area contributed by atoms with Crippen LogP contribution in [0.15, 0.2) is 48.5 Å². The normalized spacial score (nSPS) is 11.1. The molecule has 4 nitrogen and oxygen atoms in total. The lowest BCUT2D eigenvalue weighted by atomic mass is 10.1. The quantitative estimate of drug-likeness (QED) is 0.656. The number of carbonyl (C=O) groups excluding carboxylic acids is 1. The van der Waals surface area contributed by atoms with E-state index in [1.165, 1.54) is 6.08 Å². The largest absolute Gasteiger partial charge is 0.508 e. The van der Waals surface area contributed by atoms with E-state index < -0.39 is 0 Å². The number of hydrogen-bond donors (Lipinski definition) is 1. The van der Waals surface area contributed by atoms with Gasteiger partial charge in [-0.3, -0.25) is 4.79 Å². The molecule has 4 heteroatoms. The molecule has 0 heterocycles. The Kier molecular flexibility index (Phi) is 5.55. The maximum Gasteiger partial charge on any atom is 0.185 e. The second-order valence-electron chi connectivity index (χ2n) is 5.55. The predicted octanol–water partition coefficient (Wildman–Crippen LogP) is 3.36. The molecular formula is C19H21NO3. The van der Waals surface area contributed by atoms with Gasteiger partial charge in [-0.1, -0.05) is 12.1 Å². The number of benzene rings is 2. The van der Waals surface area contributed by atoms with Crippen molar-refractivity contribution in [3.8, 4) is 11.5 Å². The van der Waals surface area contributed by atoms with Gasteiger partial charge >= 0.3 is 0 Å². The number of hydrogen-bond acceptors (Lipinski definition) is 4. The minimum Gasteiger partial charge on any atom is -0.508 e. The highest BCUT2D eigenvalue weighted by atomic mass is 16.5. The number of nitrogens with zero attached hydrogens (tertiary/aromatic N) is 1. The maximum atomic E-state index is 12.2. The molecule has 0 aromatic heterocycles. The van der Waals surface area contributed by atoms with Crippen molar-refractivity contribution in [2.45, 2.75) is 6.54 Å². The van der Waals surface area contributed by atoms with Gasteiger partial charge in [0.05, 0.1) is 7.11 Å². The Labute approximate surface area is 136 Å². The summed E-state index contributed by atoms with van der Waals surface area (Å²) >= 11 is 0. The van der Waals surface area contributed by atoms with Crippen LogP contribution in [-0.4, -0.2) is 37.0 Å². The minimum absolute atomic E-state index is 0.0742. The molecule has 23 heavy (non-hydrogen) atoms. The number of phenolic OH excluding ortho intramolecular Hbond substituents is 1. The van der Waals surface area contributed by atoms with Crippen molar-refractivity contribution in [2.24, 2.45) is 0 Å². The van der Waals surface area contributed by atoms with Crippen LogP contribution in [0.4, 0.5) is 0 Å². The first-order valence-corrected chi connectivity index (χ1v) is 7.32. The first-order chi connectivity index (χ1) is 11.0. The van der Waals surface area contributed by atoms with Crippen LogP contribution >= 0.6 is 0 Å². The molecule has 2 aromatic carbocycles. The maximum absolute atomic E-state index is 12.2. The van der Waals surface area contributed by atoms with E-state index in [0.717, 1.165) is 16.9 Å². The van der Waals surface area contributed by atoms with E-state index in [2.05, 4.69) is 0 Å². The van der Waals surface area contributed by atoms with Gasteiger partial charge in [0.15, 0.2) is 5.78 Å². The zero-order valence-corrected chi connectivity index (χ0v) is 13.6. The van der Waals surface area contributed by atoms with E-state index in [0.29, 0.717) is 12.1 Å². The Morgan fingerprint density at radius 2 is 1.87 bits per heavy atom. The summed E-state index contributed by atoms with van der Waals surface area (Å²) in [7, 11) is 5.47. The third-order valence-electron chi connectivity index (χ3n) is 3.39. The van der Waals surface area contributed by atoms with E-state index in [4.69, 9.17) is 4.74 Å². The average Bonchev–Trinajstić information content (AvgIpc) is 2.55. The molecule has 2 rings (SSSR count). The molecule has 0 amide bonds.